The minimum absolute atomic E-state index is 0.0556. The Hall–Kier alpha value is -3.10. The summed E-state index contributed by atoms with van der Waals surface area (Å²) in [6, 6.07) is 7.18. The highest BCUT2D eigenvalue weighted by Crippen LogP contribution is 2.21. The van der Waals surface area contributed by atoms with Crippen molar-refractivity contribution < 1.29 is 23.5 Å². The van der Waals surface area contributed by atoms with Gasteiger partial charge in [-0.1, -0.05) is 6.92 Å². The zero-order valence-corrected chi connectivity index (χ0v) is 16.8. The van der Waals surface area contributed by atoms with E-state index in [1.165, 1.54) is 0 Å². The largest absolute Gasteiger partial charge is 0.484 e. The van der Waals surface area contributed by atoms with Gasteiger partial charge in [-0.25, -0.2) is 4.79 Å². The van der Waals surface area contributed by atoms with Crippen LogP contribution in [-0.4, -0.2) is 71.4 Å². The molecule has 9 heteroatoms. The van der Waals surface area contributed by atoms with Gasteiger partial charge in [-0.05, 0) is 37.6 Å². The lowest BCUT2D eigenvalue weighted by molar-refractivity contribution is -0.134. The fraction of sp³-hybridized carbons (Fsp3) is 0.500. The zero-order valence-electron chi connectivity index (χ0n) is 16.8. The molecule has 1 fully saturated rings. The number of aryl methyl sites for hydroxylation is 1. The average molecular weight is 402 g/mol. The van der Waals surface area contributed by atoms with Crippen LogP contribution in [0.1, 0.15) is 26.2 Å². The van der Waals surface area contributed by atoms with Gasteiger partial charge in [0, 0.05) is 38.2 Å². The van der Waals surface area contributed by atoms with Gasteiger partial charge in [0.05, 0.1) is 6.61 Å². The van der Waals surface area contributed by atoms with Gasteiger partial charge in [0.1, 0.15) is 5.75 Å². The number of aromatic nitrogens is 2. The Balaban J connectivity index is 1.46. The predicted molar refractivity (Wildman–Crippen MR) is 104 cm³/mol. The molecule has 1 aliphatic rings. The van der Waals surface area contributed by atoms with Crippen molar-refractivity contribution in [3.63, 3.8) is 0 Å². The standard InChI is InChI=1S/C20H26N4O5/c1-3-5-17-21-22-19(29-17)15-6-8-16(9-7-15)28-14-18(25)23-10-12-24(13-11-23)20(26)27-4-2/h6-9H,3-5,10-14H2,1-2H3. The van der Waals surface area contributed by atoms with Gasteiger partial charge in [-0.15, -0.1) is 10.2 Å². The van der Waals surface area contributed by atoms with Crippen molar-refractivity contribution in [2.24, 2.45) is 0 Å². The van der Waals surface area contributed by atoms with Crippen molar-refractivity contribution in [2.75, 3.05) is 39.4 Å². The molecule has 9 nitrogen and oxygen atoms in total. The maximum absolute atomic E-state index is 12.4. The van der Waals surface area contributed by atoms with Crippen LogP contribution >= 0.6 is 0 Å². The van der Waals surface area contributed by atoms with Gasteiger partial charge in [0.2, 0.25) is 11.8 Å². The molecule has 2 amide bonds. The van der Waals surface area contributed by atoms with Crippen LogP contribution in [0.2, 0.25) is 0 Å². The topological polar surface area (TPSA) is 98.0 Å². The second kappa shape index (κ2) is 9.90. The van der Waals surface area contributed by atoms with E-state index in [0.29, 0.717) is 50.3 Å². The van der Waals surface area contributed by atoms with Crippen molar-refractivity contribution in [1.29, 1.82) is 0 Å². The van der Waals surface area contributed by atoms with Crippen molar-refractivity contribution >= 4 is 12.0 Å². The van der Waals surface area contributed by atoms with Gasteiger partial charge in [-0.3, -0.25) is 4.79 Å². The molecule has 3 rings (SSSR count). The Morgan fingerprint density at radius 2 is 1.72 bits per heavy atom. The number of rotatable bonds is 7. The number of nitrogens with zero attached hydrogens (tertiary/aromatic N) is 4. The zero-order chi connectivity index (χ0) is 20.6. The molecule has 1 aliphatic heterocycles. The van der Waals surface area contributed by atoms with E-state index in [9.17, 15) is 9.59 Å². The molecule has 29 heavy (non-hydrogen) atoms. The Morgan fingerprint density at radius 3 is 2.38 bits per heavy atom. The van der Waals surface area contributed by atoms with Crippen molar-refractivity contribution in [1.82, 2.24) is 20.0 Å². The van der Waals surface area contributed by atoms with E-state index in [1.54, 1.807) is 28.9 Å². The highest BCUT2D eigenvalue weighted by molar-refractivity contribution is 5.78. The molecular weight excluding hydrogens is 376 g/mol. The maximum atomic E-state index is 12.4. The highest BCUT2D eigenvalue weighted by Gasteiger charge is 2.25. The van der Waals surface area contributed by atoms with Crippen molar-refractivity contribution in [3.05, 3.63) is 30.2 Å². The lowest BCUT2D eigenvalue weighted by Crippen LogP contribution is -2.51. The van der Waals surface area contributed by atoms with Gasteiger partial charge in [0.25, 0.3) is 5.91 Å². The summed E-state index contributed by atoms with van der Waals surface area (Å²) in [7, 11) is 0. The first kappa shape index (κ1) is 20.6. The molecule has 1 saturated heterocycles. The number of benzene rings is 1. The van der Waals surface area contributed by atoms with Gasteiger partial charge < -0.3 is 23.7 Å². The molecule has 0 saturated carbocycles. The second-order valence-electron chi connectivity index (χ2n) is 6.63. The Morgan fingerprint density at radius 1 is 1.03 bits per heavy atom. The second-order valence-corrected chi connectivity index (χ2v) is 6.63. The van der Waals surface area contributed by atoms with Crippen LogP contribution in [0.25, 0.3) is 11.5 Å². The minimum Gasteiger partial charge on any atom is -0.484 e. The van der Waals surface area contributed by atoms with Crippen molar-refractivity contribution in [3.8, 4) is 17.2 Å². The average Bonchev–Trinajstić information content (AvgIpc) is 3.21. The molecule has 0 unspecified atom stereocenters. The number of piperazine rings is 1. The number of carbonyl (C=O) groups excluding carboxylic acids is 2. The first-order valence-corrected chi connectivity index (χ1v) is 9.85. The number of ether oxygens (including phenoxy) is 2. The van der Waals surface area contributed by atoms with E-state index in [0.717, 1.165) is 18.4 Å². The third-order valence-electron chi connectivity index (χ3n) is 4.55. The molecule has 0 aliphatic carbocycles. The molecule has 0 atom stereocenters. The SMILES string of the molecule is CCCc1nnc(-c2ccc(OCC(=O)N3CCN(C(=O)OCC)CC3)cc2)o1. The summed E-state index contributed by atoms with van der Waals surface area (Å²) >= 11 is 0. The molecular formula is C20H26N4O5. The molecule has 0 bridgehead atoms. The molecule has 0 spiro atoms. The van der Waals surface area contributed by atoms with E-state index >= 15 is 0 Å². The molecule has 0 radical (unpaired) electrons. The first-order valence-electron chi connectivity index (χ1n) is 9.85. The molecule has 156 valence electrons. The molecule has 1 aromatic heterocycles. The third-order valence-corrected chi connectivity index (χ3v) is 4.55. The van der Waals surface area contributed by atoms with Gasteiger partial charge in [0.15, 0.2) is 6.61 Å². The Labute approximate surface area is 169 Å². The summed E-state index contributed by atoms with van der Waals surface area (Å²) in [5.74, 6) is 1.56. The minimum atomic E-state index is -0.334. The van der Waals surface area contributed by atoms with E-state index in [4.69, 9.17) is 13.9 Å². The van der Waals surface area contributed by atoms with Crippen LogP contribution in [0.5, 0.6) is 5.75 Å². The number of carbonyl (C=O) groups is 2. The normalized spacial score (nSPS) is 14.0. The van der Waals surface area contributed by atoms with Crippen LogP contribution in [-0.2, 0) is 16.0 Å². The van der Waals surface area contributed by atoms with Crippen LogP contribution in [0.15, 0.2) is 28.7 Å². The van der Waals surface area contributed by atoms with Crippen LogP contribution in [0.4, 0.5) is 4.79 Å². The maximum Gasteiger partial charge on any atom is 0.409 e. The summed E-state index contributed by atoms with van der Waals surface area (Å²) < 4.78 is 16.2. The summed E-state index contributed by atoms with van der Waals surface area (Å²) in [6.45, 7) is 5.98. The van der Waals surface area contributed by atoms with Gasteiger partial charge in [-0.2, -0.15) is 0 Å². The van der Waals surface area contributed by atoms with E-state index in [-0.39, 0.29) is 18.6 Å². The quantitative estimate of drug-likeness (QED) is 0.701. The lowest BCUT2D eigenvalue weighted by Gasteiger charge is -2.33. The monoisotopic (exact) mass is 402 g/mol. The summed E-state index contributed by atoms with van der Waals surface area (Å²) in [5.41, 5.74) is 0.800. The molecule has 2 aromatic rings. The molecule has 2 heterocycles. The van der Waals surface area contributed by atoms with E-state index in [2.05, 4.69) is 17.1 Å². The smallest absolute Gasteiger partial charge is 0.409 e. The fourth-order valence-electron chi connectivity index (χ4n) is 2.97. The van der Waals surface area contributed by atoms with Crippen LogP contribution in [0, 0.1) is 0 Å². The number of amides is 2. The molecule has 0 N–H and O–H groups in total. The highest BCUT2D eigenvalue weighted by atomic mass is 16.6. The molecule has 1 aromatic carbocycles. The summed E-state index contributed by atoms with van der Waals surface area (Å²) in [5, 5.41) is 8.06. The predicted octanol–water partition coefficient (Wildman–Crippen LogP) is 2.37. The summed E-state index contributed by atoms with van der Waals surface area (Å²) in [4.78, 5) is 27.4. The fourth-order valence-corrected chi connectivity index (χ4v) is 2.97. The number of hydrogen-bond acceptors (Lipinski definition) is 7. The lowest BCUT2D eigenvalue weighted by atomic mass is 10.2. The Bertz CT molecular complexity index is 813. The van der Waals surface area contributed by atoms with Crippen molar-refractivity contribution in [2.45, 2.75) is 26.7 Å². The number of hydrogen-bond donors (Lipinski definition) is 0. The first-order chi connectivity index (χ1) is 14.1. The van der Waals surface area contributed by atoms with Crippen LogP contribution < -0.4 is 4.74 Å². The van der Waals surface area contributed by atoms with E-state index < -0.39 is 0 Å². The van der Waals surface area contributed by atoms with E-state index in [1.807, 2.05) is 12.1 Å². The Kier molecular flexibility index (Phi) is 7.04. The third kappa shape index (κ3) is 5.46. The summed E-state index contributed by atoms with van der Waals surface area (Å²) in [6.07, 6.45) is 1.36. The van der Waals surface area contributed by atoms with Crippen LogP contribution in [0.3, 0.4) is 0 Å². The van der Waals surface area contributed by atoms with Gasteiger partial charge >= 0.3 is 6.09 Å².